The second-order valence-corrected chi connectivity index (χ2v) is 12.8. The number of esters is 2. The first-order valence-corrected chi connectivity index (χ1v) is 13.0. The summed E-state index contributed by atoms with van der Waals surface area (Å²) in [7, 11) is 1.97. The molecule has 3 fully saturated rings. The predicted octanol–water partition coefficient (Wildman–Crippen LogP) is 5.32. The molecule has 0 N–H and O–H groups in total. The Morgan fingerprint density at radius 2 is 1.83 bits per heavy atom. The van der Waals surface area contributed by atoms with Gasteiger partial charge in [-0.05, 0) is 54.6 Å². The fourth-order valence-electron chi connectivity index (χ4n) is 8.91. The van der Waals surface area contributed by atoms with Gasteiger partial charge in [-0.1, -0.05) is 34.6 Å². The van der Waals surface area contributed by atoms with Crippen LogP contribution in [0, 0.1) is 33.5 Å². The first-order valence-electron chi connectivity index (χ1n) is 13.0. The second kappa shape index (κ2) is 7.57. The molecule has 0 aromatic carbocycles. The van der Waals surface area contributed by atoms with Gasteiger partial charge in [0.25, 0.3) is 0 Å². The molecule has 5 rings (SSSR count). The van der Waals surface area contributed by atoms with Crippen LogP contribution >= 0.6 is 0 Å². The van der Waals surface area contributed by atoms with Gasteiger partial charge in [0, 0.05) is 60.7 Å². The number of ketones is 1. The maximum atomic E-state index is 13.0. The molecule has 0 amide bonds. The molecule has 1 aliphatic heterocycles. The summed E-state index contributed by atoms with van der Waals surface area (Å²) in [5.74, 6) is -0.0442. The Balaban J connectivity index is 1.67. The monoisotopic (exact) mass is 481 g/mol. The molecule has 3 saturated carbocycles. The average Bonchev–Trinajstić information content (AvgIpc) is 3.19. The number of ether oxygens (including phenoxy) is 2. The lowest BCUT2D eigenvalue weighted by atomic mass is 9.37. The van der Waals surface area contributed by atoms with Crippen molar-refractivity contribution >= 4 is 17.7 Å². The molecule has 1 aromatic heterocycles. The Morgan fingerprint density at radius 3 is 2.46 bits per heavy atom. The number of hydrogen-bond acceptors (Lipinski definition) is 5. The third-order valence-corrected chi connectivity index (χ3v) is 10.6. The van der Waals surface area contributed by atoms with Gasteiger partial charge in [0.05, 0.1) is 0 Å². The minimum atomic E-state index is -0.521. The molecular formula is C29H39NO5. The van der Waals surface area contributed by atoms with Gasteiger partial charge in [-0.3, -0.25) is 9.59 Å². The minimum absolute atomic E-state index is 0.0887. The largest absolute Gasteiger partial charge is 0.462 e. The summed E-state index contributed by atoms with van der Waals surface area (Å²) < 4.78 is 14.1. The zero-order chi connectivity index (χ0) is 25.6. The summed E-state index contributed by atoms with van der Waals surface area (Å²) >= 11 is 0. The Bertz CT molecular complexity index is 1130. The summed E-state index contributed by atoms with van der Waals surface area (Å²) in [6.45, 7) is 12.4. The molecule has 3 aliphatic carbocycles. The van der Waals surface area contributed by atoms with E-state index >= 15 is 0 Å². The highest BCUT2D eigenvalue weighted by molar-refractivity contribution is 5.86. The SMILES string of the molecule is CC(=O)O[C@@H]1CC2C(C)(C)C(=O)CC[C@]2(C)C2CC[C@]3(C)C(=CC(=O)O[C@H]3c3ccn(C)c3)[C@@]21C. The van der Waals surface area contributed by atoms with Crippen LogP contribution in [0.2, 0.25) is 0 Å². The van der Waals surface area contributed by atoms with Crippen molar-refractivity contribution in [3.63, 3.8) is 0 Å². The van der Waals surface area contributed by atoms with Crippen LogP contribution in [0.5, 0.6) is 0 Å². The number of hydrogen-bond donors (Lipinski definition) is 0. The summed E-state index contributed by atoms with van der Waals surface area (Å²) in [6.07, 6.45) is 8.76. The number of rotatable bonds is 2. The van der Waals surface area contributed by atoms with E-state index in [0.29, 0.717) is 18.6 Å². The van der Waals surface area contributed by atoms with Gasteiger partial charge >= 0.3 is 11.9 Å². The number of carbonyl (C=O) groups excluding carboxylic acids is 3. The molecule has 190 valence electrons. The molecule has 0 radical (unpaired) electrons. The van der Waals surface area contributed by atoms with Gasteiger partial charge in [-0.25, -0.2) is 4.79 Å². The molecule has 0 bridgehead atoms. The molecule has 2 heterocycles. The standard InChI is InChI=1S/C29H39NO5/c1-17(31)34-23-14-20-26(2,3)22(32)9-12-27(20,4)19-8-11-28(5)21(29(19,23)6)15-24(33)35-25(28)18-10-13-30(7)16-18/h10,13,15-16,19-20,23,25H,8-9,11-12,14H2,1-7H3/t19?,20?,23-,25+,27-,28-,29-/m1/s1. The van der Waals surface area contributed by atoms with E-state index < -0.39 is 22.3 Å². The third-order valence-electron chi connectivity index (χ3n) is 10.6. The summed E-state index contributed by atoms with van der Waals surface area (Å²) in [5.41, 5.74) is 0.556. The van der Waals surface area contributed by atoms with Crippen LogP contribution in [0.3, 0.4) is 0 Å². The van der Waals surface area contributed by atoms with E-state index in [0.717, 1.165) is 30.4 Å². The first-order chi connectivity index (χ1) is 16.2. The Kier molecular flexibility index (Phi) is 5.26. The first kappa shape index (κ1) is 24.3. The van der Waals surface area contributed by atoms with Crippen molar-refractivity contribution in [3.05, 3.63) is 35.7 Å². The molecule has 2 unspecified atom stereocenters. The van der Waals surface area contributed by atoms with Crippen LogP contribution in [0.4, 0.5) is 0 Å². The molecule has 4 aliphatic rings. The van der Waals surface area contributed by atoms with Crippen LogP contribution in [0.15, 0.2) is 30.1 Å². The van der Waals surface area contributed by atoms with E-state index in [1.807, 2.05) is 30.1 Å². The maximum Gasteiger partial charge on any atom is 0.331 e. The molecule has 0 saturated heterocycles. The normalized spacial score (nSPS) is 42.2. The Morgan fingerprint density at radius 1 is 1.11 bits per heavy atom. The minimum Gasteiger partial charge on any atom is -0.462 e. The molecule has 6 nitrogen and oxygen atoms in total. The molecule has 7 atom stereocenters. The van der Waals surface area contributed by atoms with Crippen molar-refractivity contribution in [1.82, 2.24) is 4.57 Å². The number of Topliss-reactive ketones (excluding diaryl/α,β-unsaturated/α-hetero) is 1. The number of aromatic nitrogens is 1. The lowest BCUT2D eigenvalue weighted by Crippen LogP contribution is -2.66. The fraction of sp³-hybridized carbons (Fsp3) is 0.690. The molecule has 0 spiro atoms. The quantitative estimate of drug-likeness (QED) is 0.535. The van der Waals surface area contributed by atoms with Crippen molar-refractivity contribution in [2.24, 2.45) is 40.5 Å². The van der Waals surface area contributed by atoms with Crippen LogP contribution in [0.25, 0.3) is 0 Å². The van der Waals surface area contributed by atoms with Gasteiger partial charge in [0.2, 0.25) is 0 Å². The zero-order valence-corrected chi connectivity index (χ0v) is 22.1. The van der Waals surface area contributed by atoms with Crippen LogP contribution in [0.1, 0.15) is 85.3 Å². The smallest absolute Gasteiger partial charge is 0.331 e. The van der Waals surface area contributed by atoms with Crippen molar-refractivity contribution < 1.29 is 23.9 Å². The summed E-state index contributed by atoms with van der Waals surface area (Å²) in [4.78, 5) is 38.5. The maximum absolute atomic E-state index is 13.0. The number of carbonyl (C=O) groups is 3. The van der Waals surface area contributed by atoms with E-state index in [9.17, 15) is 14.4 Å². The van der Waals surface area contributed by atoms with E-state index in [4.69, 9.17) is 9.47 Å². The molecule has 6 heteroatoms. The van der Waals surface area contributed by atoms with Gasteiger partial charge in [0.15, 0.2) is 0 Å². The van der Waals surface area contributed by atoms with Gasteiger partial charge in [-0.2, -0.15) is 0 Å². The predicted molar refractivity (Wildman–Crippen MR) is 131 cm³/mol. The van der Waals surface area contributed by atoms with Crippen molar-refractivity contribution in [2.75, 3.05) is 0 Å². The number of cyclic esters (lactones) is 1. The molecule has 35 heavy (non-hydrogen) atoms. The van der Waals surface area contributed by atoms with Crippen LogP contribution < -0.4 is 0 Å². The number of aryl methyl sites for hydroxylation is 1. The third kappa shape index (κ3) is 3.24. The summed E-state index contributed by atoms with van der Waals surface area (Å²) in [6, 6.07) is 2.03. The summed E-state index contributed by atoms with van der Waals surface area (Å²) in [5, 5.41) is 0. The fourth-order valence-corrected chi connectivity index (χ4v) is 8.91. The van der Waals surface area contributed by atoms with Gasteiger partial charge in [0.1, 0.15) is 18.0 Å². The Hall–Kier alpha value is -2.37. The van der Waals surface area contributed by atoms with Crippen molar-refractivity contribution in [3.8, 4) is 0 Å². The van der Waals surface area contributed by atoms with Gasteiger partial charge < -0.3 is 14.0 Å². The highest BCUT2D eigenvalue weighted by Crippen LogP contribution is 2.72. The molecular weight excluding hydrogens is 442 g/mol. The number of nitrogens with zero attached hydrogens (tertiary/aromatic N) is 1. The zero-order valence-electron chi connectivity index (χ0n) is 22.1. The van der Waals surface area contributed by atoms with E-state index in [1.54, 1.807) is 6.08 Å². The highest BCUT2D eigenvalue weighted by atomic mass is 16.5. The molecule has 1 aromatic rings. The highest BCUT2D eigenvalue weighted by Gasteiger charge is 2.69. The van der Waals surface area contributed by atoms with E-state index in [2.05, 4.69) is 34.6 Å². The van der Waals surface area contributed by atoms with Crippen molar-refractivity contribution in [1.29, 1.82) is 0 Å². The second-order valence-electron chi connectivity index (χ2n) is 12.8. The lowest BCUT2D eigenvalue weighted by molar-refractivity contribution is -0.210. The van der Waals surface area contributed by atoms with E-state index in [-0.39, 0.29) is 35.3 Å². The average molecular weight is 482 g/mol. The number of fused-ring (bicyclic) bond motifs is 5. The van der Waals surface area contributed by atoms with E-state index in [1.165, 1.54) is 6.92 Å². The Labute approximate surface area is 208 Å². The lowest BCUT2D eigenvalue weighted by Gasteiger charge is -2.68. The van der Waals surface area contributed by atoms with Crippen molar-refractivity contribution in [2.45, 2.75) is 85.9 Å². The topological polar surface area (TPSA) is 74.6 Å². The van der Waals surface area contributed by atoms with Crippen LogP contribution in [-0.2, 0) is 30.9 Å². The van der Waals surface area contributed by atoms with Gasteiger partial charge in [-0.15, -0.1) is 0 Å². The van der Waals surface area contributed by atoms with Crippen LogP contribution in [-0.4, -0.2) is 28.4 Å².